The summed E-state index contributed by atoms with van der Waals surface area (Å²) >= 11 is 0. The minimum absolute atomic E-state index is 0.0590. The van der Waals surface area contributed by atoms with E-state index < -0.39 is 0 Å². The second-order valence-electron chi connectivity index (χ2n) is 6.10. The van der Waals surface area contributed by atoms with Crippen LogP contribution in [-0.2, 0) is 4.79 Å². The number of β-amino-alcohol motifs (C(OH)–C–C–N with tert-alkyl or cyclic N) is 1. The fraction of sp³-hybridized carbons (Fsp3) is 0.933. The van der Waals surface area contributed by atoms with Crippen molar-refractivity contribution in [1.82, 2.24) is 15.1 Å². The van der Waals surface area contributed by atoms with Gasteiger partial charge in [-0.3, -0.25) is 14.6 Å². The smallest absolute Gasteiger partial charge is 0.237 e. The number of nitrogens with zero attached hydrogens (tertiary/aromatic N) is 2. The molecule has 1 aliphatic rings. The molecule has 1 atom stereocenters. The second kappa shape index (κ2) is 9.32. The number of carbonyl (C=O) groups excluding carboxylic acids is 1. The molecule has 0 aromatic carbocycles. The van der Waals surface area contributed by atoms with E-state index in [1.165, 1.54) is 0 Å². The average Bonchev–Trinajstić information content (AvgIpc) is 2.63. The van der Waals surface area contributed by atoms with Crippen molar-refractivity contribution < 1.29 is 9.90 Å². The molecule has 0 radical (unpaired) electrons. The van der Waals surface area contributed by atoms with Crippen molar-refractivity contribution in [3.05, 3.63) is 0 Å². The summed E-state index contributed by atoms with van der Waals surface area (Å²) in [6, 6.07) is -0.0590. The highest BCUT2D eigenvalue weighted by Gasteiger charge is 2.23. The van der Waals surface area contributed by atoms with Crippen LogP contribution in [0.2, 0.25) is 0 Å². The molecule has 1 rings (SSSR count). The van der Waals surface area contributed by atoms with Gasteiger partial charge in [-0.25, -0.2) is 0 Å². The molecule has 0 bridgehead atoms. The van der Waals surface area contributed by atoms with Gasteiger partial charge in [0.05, 0.1) is 12.6 Å². The first-order chi connectivity index (χ1) is 9.54. The molecule has 1 saturated heterocycles. The number of rotatable bonds is 7. The second-order valence-corrected chi connectivity index (χ2v) is 6.10. The van der Waals surface area contributed by atoms with Crippen molar-refractivity contribution in [2.24, 2.45) is 5.92 Å². The molecule has 1 amide bonds. The van der Waals surface area contributed by atoms with Gasteiger partial charge in [-0.1, -0.05) is 13.8 Å². The van der Waals surface area contributed by atoms with E-state index in [0.717, 1.165) is 52.1 Å². The lowest BCUT2D eigenvalue weighted by Gasteiger charge is -2.27. The number of aliphatic hydroxyl groups is 1. The van der Waals surface area contributed by atoms with Crippen molar-refractivity contribution in [3.63, 3.8) is 0 Å². The van der Waals surface area contributed by atoms with Crippen molar-refractivity contribution in [2.45, 2.75) is 39.7 Å². The molecule has 0 spiro atoms. The van der Waals surface area contributed by atoms with Crippen molar-refractivity contribution in [1.29, 1.82) is 0 Å². The Morgan fingerprint density at radius 1 is 1.20 bits per heavy atom. The van der Waals surface area contributed by atoms with Gasteiger partial charge in [0, 0.05) is 32.7 Å². The van der Waals surface area contributed by atoms with Crippen molar-refractivity contribution >= 4 is 5.91 Å². The van der Waals surface area contributed by atoms with Crippen LogP contribution in [0.15, 0.2) is 0 Å². The van der Waals surface area contributed by atoms with Gasteiger partial charge >= 0.3 is 0 Å². The fourth-order valence-electron chi connectivity index (χ4n) is 2.54. The van der Waals surface area contributed by atoms with Gasteiger partial charge in [0.2, 0.25) is 5.91 Å². The molecule has 0 aliphatic carbocycles. The fourth-order valence-corrected chi connectivity index (χ4v) is 2.54. The summed E-state index contributed by atoms with van der Waals surface area (Å²) in [5, 5.41) is 12.0. The maximum Gasteiger partial charge on any atom is 0.237 e. The zero-order valence-corrected chi connectivity index (χ0v) is 13.3. The Kier molecular flexibility index (Phi) is 8.11. The summed E-state index contributed by atoms with van der Waals surface area (Å²) in [6.07, 6.45) is 2.09. The summed E-state index contributed by atoms with van der Waals surface area (Å²) in [6.45, 7) is 11.9. The van der Waals surface area contributed by atoms with Crippen LogP contribution >= 0.6 is 0 Å². The van der Waals surface area contributed by atoms with E-state index in [4.69, 9.17) is 5.11 Å². The molecule has 1 unspecified atom stereocenters. The Bertz CT molecular complexity index is 284. The minimum atomic E-state index is -0.0590. The van der Waals surface area contributed by atoms with Crippen LogP contribution in [0.25, 0.3) is 0 Å². The number of aliphatic hydroxyl groups excluding tert-OH is 1. The number of carbonyl (C=O) groups is 1. The Labute approximate surface area is 123 Å². The van der Waals surface area contributed by atoms with E-state index in [9.17, 15) is 4.79 Å². The number of hydrogen-bond acceptors (Lipinski definition) is 4. The van der Waals surface area contributed by atoms with Crippen LogP contribution in [0.4, 0.5) is 0 Å². The summed E-state index contributed by atoms with van der Waals surface area (Å²) in [5.41, 5.74) is 0. The Morgan fingerprint density at radius 3 is 2.60 bits per heavy atom. The lowest BCUT2D eigenvalue weighted by Crippen LogP contribution is -2.46. The van der Waals surface area contributed by atoms with Crippen molar-refractivity contribution in [2.75, 3.05) is 45.9 Å². The van der Waals surface area contributed by atoms with Gasteiger partial charge in [0.15, 0.2) is 0 Å². The topological polar surface area (TPSA) is 55.8 Å². The predicted molar refractivity (Wildman–Crippen MR) is 81.6 cm³/mol. The van der Waals surface area contributed by atoms with Crippen molar-refractivity contribution in [3.8, 4) is 0 Å². The quantitative estimate of drug-likeness (QED) is 0.717. The maximum atomic E-state index is 12.1. The molecule has 0 aromatic heterocycles. The third kappa shape index (κ3) is 6.20. The van der Waals surface area contributed by atoms with Gasteiger partial charge in [-0.05, 0) is 32.2 Å². The van der Waals surface area contributed by atoms with Crippen LogP contribution < -0.4 is 5.32 Å². The molecule has 5 heteroatoms. The molecular formula is C15H31N3O2. The third-order valence-corrected chi connectivity index (χ3v) is 3.99. The standard InChI is InChI=1S/C15H31N3O2/c1-13(2)5-6-16-15(20)14(3)18-8-4-7-17(9-10-18)11-12-19/h13-14,19H,4-12H2,1-3H3,(H,16,20). The zero-order chi connectivity index (χ0) is 15.0. The van der Waals surface area contributed by atoms with Crippen LogP contribution in [0.5, 0.6) is 0 Å². The highest BCUT2D eigenvalue weighted by Crippen LogP contribution is 2.07. The average molecular weight is 285 g/mol. The summed E-state index contributed by atoms with van der Waals surface area (Å²) in [5.74, 6) is 0.761. The van der Waals surface area contributed by atoms with Crippen LogP contribution in [-0.4, -0.2) is 72.7 Å². The van der Waals surface area contributed by atoms with E-state index in [1.807, 2.05) is 6.92 Å². The molecule has 2 N–H and O–H groups in total. The highest BCUT2D eigenvalue weighted by atomic mass is 16.3. The molecule has 118 valence electrons. The molecular weight excluding hydrogens is 254 g/mol. The van der Waals surface area contributed by atoms with Crippen LogP contribution in [0.1, 0.15) is 33.6 Å². The summed E-state index contributed by atoms with van der Waals surface area (Å²) < 4.78 is 0. The first kappa shape index (κ1) is 17.4. The summed E-state index contributed by atoms with van der Waals surface area (Å²) in [4.78, 5) is 16.7. The molecule has 0 saturated carbocycles. The molecule has 0 aromatic rings. The van der Waals surface area contributed by atoms with Gasteiger partial charge in [-0.15, -0.1) is 0 Å². The maximum absolute atomic E-state index is 12.1. The Morgan fingerprint density at radius 2 is 1.95 bits per heavy atom. The lowest BCUT2D eigenvalue weighted by atomic mass is 10.1. The van der Waals surface area contributed by atoms with Gasteiger partial charge in [0.1, 0.15) is 0 Å². The molecule has 5 nitrogen and oxygen atoms in total. The molecule has 20 heavy (non-hydrogen) atoms. The molecule has 1 aliphatic heterocycles. The number of amides is 1. The molecule has 1 heterocycles. The predicted octanol–water partition coefficient (Wildman–Crippen LogP) is 0.537. The van der Waals surface area contributed by atoms with Gasteiger partial charge < -0.3 is 10.4 Å². The highest BCUT2D eigenvalue weighted by molar-refractivity contribution is 5.81. The number of hydrogen-bond donors (Lipinski definition) is 2. The van der Waals surface area contributed by atoms with Gasteiger partial charge in [0.25, 0.3) is 0 Å². The lowest BCUT2D eigenvalue weighted by molar-refractivity contribution is -0.125. The van der Waals surface area contributed by atoms with Gasteiger partial charge in [-0.2, -0.15) is 0 Å². The SMILES string of the molecule is CC(C)CCNC(=O)C(C)N1CCCN(CCO)CC1. The van der Waals surface area contributed by atoms with Crippen LogP contribution in [0, 0.1) is 5.92 Å². The zero-order valence-electron chi connectivity index (χ0n) is 13.3. The largest absolute Gasteiger partial charge is 0.395 e. The normalized spacial score (nSPS) is 19.9. The van der Waals surface area contributed by atoms with E-state index in [-0.39, 0.29) is 18.6 Å². The third-order valence-electron chi connectivity index (χ3n) is 3.99. The minimum Gasteiger partial charge on any atom is -0.395 e. The number of nitrogens with one attached hydrogen (secondary N) is 1. The Hall–Kier alpha value is -0.650. The molecule has 1 fully saturated rings. The van der Waals surface area contributed by atoms with Crippen LogP contribution in [0.3, 0.4) is 0 Å². The summed E-state index contributed by atoms with van der Waals surface area (Å²) in [7, 11) is 0. The van der Waals surface area contributed by atoms with E-state index in [2.05, 4.69) is 29.0 Å². The van der Waals surface area contributed by atoms with E-state index in [0.29, 0.717) is 5.92 Å². The Balaban J connectivity index is 2.34. The van der Waals surface area contributed by atoms with E-state index >= 15 is 0 Å². The monoisotopic (exact) mass is 285 g/mol. The first-order valence-electron chi connectivity index (χ1n) is 7.89. The van der Waals surface area contributed by atoms with E-state index in [1.54, 1.807) is 0 Å². The first-order valence-corrected chi connectivity index (χ1v) is 7.89.